The van der Waals surface area contributed by atoms with Crippen molar-refractivity contribution >= 4 is 29.1 Å². The highest BCUT2D eigenvalue weighted by molar-refractivity contribution is 6.40. The molecule has 1 heterocycles. The molecule has 33 heavy (non-hydrogen) atoms. The molecule has 0 aliphatic carbocycles. The Labute approximate surface area is 192 Å². The van der Waals surface area contributed by atoms with Crippen molar-refractivity contribution in [3.63, 3.8) is 0 Å². The minimum atomic E-state index is -0.585. The fourth-order valence-electron chi connectivity index (χ4n) is 3.27. The molecule has 0 saturated carbocycles. The van der Waals surface area contributed by atoms with E-state index in [9.17, 15) is 14.4 Å². The Bertz CT molecular complexity index is 1110. The molecule has 1 aliphatic rings. The summed E-state index contributed by atoms with van der Waals surface area (Å²) in [5, 5.41) is 5.50. The van der Waals surface area contributed by atoms with Crippen LogP contribution in [-0.2, 0) is 9.59 Å². The van der Waals surface area contributed by atoms with E-state index in [0.717, 1.165) is 11.1 Å². The topological polar surface area (TPSA) is 109 Å². The number of amides is 3. The van der Waals surface area contributed by atoms with E-state index in [1.165, 1.54) is 18.2 Å². The van der Waals surface area contributed by atoms with Crippen molar-refractivity contribution in [2.24, 2.45) is 5.10 Å². The predicted octanol–water partition coefficient (Wildman–Crippen LogP) is 3.04. The first-order valence-electron chi connectivity index (χ1n) is 10.6. The molecule has 174 valence electrons. The number of rotatable bonds is 6. The van der Waals surface area contributed by atoms with Gasteiger partial charge in [0.15, 0.2) is 11.5 Å². The summed E-state index contributed by atoms with van der Waals surface area (Å²) in [6, 6.07) is 10.4. The number of aryl methyl sites for hydroxylation is 2. The summed E-state index contributed by atoms with van der Waals surface area (Å²) in [6.45, 7) is 7.57. The zero-order valence-electron chi connectivity index (χ0n) is 19.4. The number of hydrazine groups is 1. The maximum atomic E-state index is 12.6. The van der Waals surface area contributed by atoms with Crippen LogP contribution in [-0.4, -0.2) is 36.6 Å². The molecule has 0 bridgehead atoms. The lowest BCUT2D eigenvalue weighted by atomic mass is 10.1. The van der Waals surface area contributed by atoms with Crippen LogP contribution < -0.4 is 25.3 Å². The second-order valence-corrected chi connectivity index (χ2v) is 7.98. The van der Waals surface area contributed by atoms with Crippen molar-refractivity contribution < 1.29 is 23.9 Å². The molecule has 3 amide bonds. The Hall–Kier alpha value is -3.88. The number of nitrogens with zero attached hydrogens (tertiary/aromatic N) is 2. The van der Waals surface area contributed by atoms with Gasteiger partial charge < -0.3 is 9.47 Å². The first-order valence-corrected chi connectivity index (χ1v) is 10.6. The van der Waals surface area contributed by atoms with Crippen LogP contribution in [0.3, 0.4) is 0 Å². The van der Waals surface area contributed by atoms with E-state index >= 15 is 0 Å². The summed E-state index contributed by atoms with van der Waals surface area (Å²) in [5.41, 5.74) is 7.64. The molecular weight excluding hydrogens is 424 g/mol. The van der Waals surface area contributed by atoms with Crippen LogP contribution in [0.15, 0.2) is 41.5 Å². The number of benzene rings is 2. The van der Waals surface area contributed by atoms with Gasteiger partial charge in [0, 0.05) is 18.4 Å². The normalized spacial score (nSPS) is 13.5. The van der Waals surface area contributed by atoms with Gasteiger partial charge >= 0.3 is 0 Å². The number of nitrogens with one attached hydrogen (secondary N) is 2. The van der Waals surface area contributed by atoms with E-state index in [1.807, 2.05) is 45.9 Å². The van der Waals surface area contributed by atoms with Crippen molar-refractivity contribution in [3.05, 3.63) is 53.1 Å². The van der Waals surface area contributed by atoms with Crippen LogP contribution >= 0.6 is 0 Å². The first kappa shape index (κ1) is 23.8. The smallest absolute Gasteiger partial charge is 0.285 e. The summed E-state index contributed by atoms with van der Waals surface area (Å²) in [5.74, 6) is -0.391. The quantitative estimate of drug-likeness (QED) is 0.655. The summed E-state index contributed by atoms with van der Waals surface area (Å²) >= 11 is 0. The summed E-state index contributed by atoms with van der Waals surface area (Å²) in [6.07, 6.45) is 0.267. The number of hydrogen-bond acceptors (Lipinski definition) is 6. The lowest BCUT2D eigenvalue weighted by Gasteiger charge is -2.24. The van der Waals surface area contributed by atoms with Crippen LogP contribution in [0.1, 0.15) is 48.2 Å². The molecule has 3 rings (SSSR count). The highest BCUT2D eigenvalue weighted by atomic mass is 16.5. The Morgan fingerprint density at radius 2 is 1.73 bits per heavy atom. The van der Waals surface area contributed by atoms with E-state index in [4.69, 9.17) is 9.47 Å². The number of ether oxygens (including phenoxy) is 2. The van der Waals surface area contributed by atoms with Crippen molar-refractivity contribution in [2.75, 3.05) is 12.1 Å². The standard InChI is InChI=1S/C24H28N4O5/c1-14(2)33-20-10-8-17(13-21(20)32-5)23(30)25-26-24(31)18-9-11-22(29)28(27-18)19-12-15(3)6-7-16(19)4/h6-8,10,12-14H,9,11H2,1-5H3,(H,25,30)(H,26,31). The number of carbonyl (C=O) groups excluding carboxylic acids is 3. The van der Waals surface area contributed by atoms with E-state index in [2.05, 4.69) is 16.0 Å². The highest BCUT2D eigenvalue weighted by Crippen LogP contribution is 2.29. The van der Waals surface area contributed by atoms with Gasteiger partial charge in [0.2, 0.25) is 5.91 Å². The molecule has 0 aromatic heterocycles. The van der Waals surface area contributed by atoms with Gasteiger partial charge in [-0.05, 0) is 63.1 Å². The lowest BCUT2D eigenvalue weighted by Crippen LogP contribution is -2.47. The maximum absolute atomic E-state index is 12.6. The molecule has 0 unspecified atom stereocenters. The van der Waals surface area contributed by atoms with Crippen LogP contribution in [0.4, 0.5) is 5.69 Å². The molecule has 0 fully saturated rings. The minimum absolute atomic E-state index is 0.0517. The van der Waals surface area contributed by atoms with Crippen LogP contribution in [0.25, 0.3) is 0 Å². The summed E-state index contributed by atoms with van der Waals surface area (Å²) < 4.78 is 10.9. The van der Waals surface area contributed by atoms with E-state index < -0.39 is 11.8 Å². The Kier molecular flexibility index (Phi) is 7.32. The van der Waals surface area contributed by atoms with Crippen molar-refractivity contribution in [1.82, 2.24) is 10.9 Å². The molecular formula is C24H28N4O5. The fraction of sp³-hybridized carbons (Fsp3) is 0.333. The third-order valence-corrected chi connectivity index (χ3v) is 4.97. The molecule has 9 nitrogen and oxygen atoms in total. The number of methoxy groups -OCH3 is 1. The zero-order valence-corrected chi connectivity index (χ0v) is 19.4. The summed E-state index contributed by atoms with van der Waals surface area (Å²) in [7, 11) is 1.48. The van der Waals surface area contributed by atoms with Gasteiger partial charge in [0.1, 0.15) is 5.71 Å². The molecule has 0 spiro atoms. The number of hydrazone groups is 1. The molecule has 2 N–H and O–H groups in total. The van der Waals surface area contributed by atoms with Gasteiger partial charge in [-0.3, -0.25) is 25.2 Å². The Morgan fingerprint density at radius 3 is 2.42 bits per heavy atom. The number of anilines is 1. The molecule has 0 atom stereocenters. The first-order chi connectivity index (χ1) is 15.7. The SMILES string of the molecule is COc1cc(C(=O)NNC(=O)C2=NN(c3cc(C)ccc3C)C(=O)CC2)ccc1OC(C)C. The average Bonchev–Trinajstić information content (AvgIpc) is 2.79. The third kappa shape index (κ3) is 5.68. The average molecular weight is 453 g/mol. The molecule has 2 aromatic rings. The van der Waals surface area contributed by atoms with Crippen molar-refractivity contribution in [3.8, 4) is 11.5 Å². The Morgan fingerprint density at radius 1 is 1.00 bits per heavy atom. The fourth-order valence-corrected chi connectivity index (χ4v) is 3.27. The van der Waals surface area contributed by atoms with Gasteiger partial charge in [0.25, 0.3) is 11.8 Å². The zero-order chi connectivity index (χ0) is 24.1. The van der Waals surface area contributed by atoms with Gasteiger partial charge in [0.05, 0.1) is 18.9 Å². The van der Waals surface area contributed by atoms with Crippen LogP contribution in [0.2, 0.25) is 0 Å². The largest absolute Gasteiger partial charge is 0.493 e. The maximum Gasteiger partial charge on any atom is 0.285 e. The predicted molar refractivity (Wildman–Crippen MR) is 124 cm³/mol. The second kappa shape index (κ2) is 10.2. The van der Waals surface area contributed by atoms with Crippen LogP contribution in [0, 0.1) is 13.8 Å². The second-order valence-electron chi connectivity index (χ2n) is 7.98. The molecule has 0 radical (unpaired) electrons. The summed E-state index contributed by atoms with van der Waals surface area (Å²) in [4.78, 5) is 37.6. The van der Waals surface area contributed by atoms with Gasteiger partial charge in [-0.15, -0.1) is 0 Å². The van der Waals surface area contributed by atoms with Gasteiger partial charge in [-0.25, -0.2) is 5.01 Å². The van der Waals surface area contributed by atoms with E-state index in [-0.39, 0.29) is 36.1 Å². The van der Waals surface area contributed by atoms with Crippen molar-refractivity contribution in [2.45, 2.75) is 46.6 Å². The van der Waals surface area contributed by atoms with Gasteiger partial charge in [-0.2, -0.15) is 5.10 Å². The Balaban J connectivity index is 1.70. The molecule has 0 saturated heterocycles. The van der Waals surface area contributed by atoms with E-state index in [0.29, 0.717) is 17.2 Å². The number of hydrogen-bond donors (Lipinski definition) is 2. The molecule has 2 aromatic carbocycles. The molecule has 9 heteroatoms. The van der Waals surface area contributed by atoms with E-state index in [1.54, 1.807) is 12.1 Å². The van der Waals surface area contributed by atoms with Crippen molar-refractivity contribution in [1.29, 1.82) is 0 Å². The third-order valence-electron chi connectivity index (χ3n) is 4.97. The monoisotopic (exact) mass is 452 g/mol. The van der Waals surface area contributed by atoms with Gasteiger partial charge in [-0.1, -0.05) is 12.1 Å². The minimum Gasteiger partial charge on any atom is -0.493 e. The molecule has 1 aliphatic heterocycles. The van der Waals surface area contributed by atoms with Crippen LogP contribution in [0.5, 0.6) is 11.5 Å². The highest BCUT2D eigenvalue weighted by Gasteiger charge is 2.27. The lowest BCUT2D eigenvalue weighted by molar-refractivity contribution is -0.119. The number of carbonyl (C=O) groups is 3.